The average Bonchev–Trinajstić information content (AvgIpc) is 3.68. The van der Waals surface area contributed by atoms with Gasteiger partial charge in [0.15, 0.2) is 5.69 Å². The van der Waals surface area contributed by atoms with Crippen LogP contribution >= 0.6 is 11.6 Å². The zero-order valence-corrected chi connectivity index (χ0v) is 24.2. The highest BCUT2D eigenvalue weighted by Gasteiger charge is 2.36. The first-order valence-corrected chi connectivity index (χ1v) is 14.4. The molecule has 0 atom stereocenters. The Bertz CT molecular complexity index is 1540. The zero-order valence-electron chi connectivity index (χ0n) is 23.4. The second-order valence-corrected chi connectivity index (χ2v) is 12.3. The molecule has 11 heteroatoms. The van der Waals surface area contributed by atoms with Crippen molar-refractivity contribution in [2.24, 2.45) is 5.92 Å². The largest absolute Gasteiger partial charge is 0.444 e. The number of ether oxygens (including phenoxy) is 1. The third kappa shape index (κ3) is 5.66. The average molecular weight is 577 g/mol. The maximum atomic E-state index is 14.1. The number of halogens is 1. The molecular formula is C30H33ClN6O4. The number of benzene rings is 1. The van der Waals surface area contributed by atoms with Crippen LogP contribution in [0.25, 0.3) is 5.69 Å². The monoisotopic (exact) mass is 576 g/mol. The summed E-state index contributed by atoms with van der Waals surface area (Å²) in [5.74, 6) is 0.434. The Morgan fingerprint density at radius 3 is 2.66 bits per heavy atom. The van der Waals surface area contributed by atoms with E-state index in [0.717, 1.165) is 24.0 Å². The minimum atomic E-state index is -0.585. The highest BCUT2D eigenvalue weighted by atomic mass is 35.5. The Morgan fingerprint density at radius 2 is 1.93 bits per heavy atom. The van der Waals surface area contributed by atoms with Gasteiger partial charge in [-0.15, -0.1) is 0 Å². The maximum absolute atomic E-state index is 14.1. The van der Waals surface area contributed by atoms with Crippen LogP contribution in [0.5, 0.6) is 0 Å². The molecule has 3 aliphatic rings. The standard InChI is InChI=1S/C30H33ClN6O4/c1-30(2,3)41-29(40)35-11-9-19-16-32-24(13-20(19)17-35)36-12-10-23-25(27(38)33-15-18-7-8-18)34-37(26(23)28(36)39)22-6-4-5-21(31)14-22/h4-6,13-14,16,18H,7-12,15,17H2,1-3H3,(H,33,38). The second-order valence-electron chi connectivity index (χ2n) is 11.9. The smallest absolute Gasteiger partial charge is 0.410 e. The van der Waals surface area contributed by atoms with Crippen molar-refractivity contribution >= 4 is 35.3 Å². The maximum Gasteiger partial charge on any atom is 0.410 e. The summed E-state index contributed by atoms with van der Waals surface area (Å²) >= 11 is 6.27. The first-order valence-electron chi connectivity index (χ1n) is 14.0. The number of nitrogens with zero attached hydrogens (tertiary/aromatic N) is 5. The van der Waals surface area contributed by atoms with Crippen molar-refractivity contribution in [2.45, 2.75) is 58.6 Å². The van der Waals surface area contributed by atoms with Crippen LogP contribution in [-0.4, -0.2) is 62.8 Å². The Hall–Kier alpha value is -3.92. The predicted octanol–water partition coefficient (Wildman–Crippen LogP) is 4.56. The molecule has 0 unspecified atom stereocenters. The predicted molar refractivity (Wildman–Crippen MR) is 154 cm³/mol. The molecule has 4 heterocycles. The lowest BCUT2D eigenvalue weighted by molar-refractivity contribution is 0.0223. The van der Waals surface area contributed by atoms with Crippen molar-refractivity contribution in [2.75, 3.05) is 24.5 Å². The van der Waals surface area contributed by atoms with Gasteiger partial charge in [-0.25, -0.2) is 14.5 Å². The number of nitrogens with one attached hydrogen (secondary N) is 1. The van der Waals surface area contributed by atoms with E-state index in [1.807, 2.05) is 26.8 Å². The summed E-state index contributed by atoms with van der Waals surface area (Å²) in [5, 5.41) is 8.11. The van der Waals surface area contributed by atoms with Crippen molar-refractivity contribution in [3.63, 3.8) is 0 Å². The molecule has 0 radical (unpaired) electrons. The van der Waals surface area contributed by atoms with Crippen molar-refractivity contribution in [1.82, 2.24) is 25.0 Å². The third-order valence-electron chi connectivity index (χ3n) is 7.54. The molecule has 2 aromatic heterocycles. The lowest BCUT2D eigenvalue weighted by Gasteiger charge is -2.32. The van der Waals surface area contributed by atoms with Gasteiger partial charge >= 0.3 is 6.09 Å². The Labute approximate surface area is 243 Å². The van der Waals surface area contributed by atoms with E-state index in [-0.39, 0.29) is 23.6 Å². The summed E-state index contributed by atoms with van der Waals surface area (Å²) in [7, 11) is 0. The molecule has 6 rings (SSSR count). The van der Waals surface area contributed by atoms with Gasteiger partial charge in [0.25, 0.3) is 11.8 Å². The molecule has 1 N–H and O–H groups in total. The fraction of sp³-hybridized carbons (Fsp3) is 0.433. The van der Waals surface area contributed by atoms with Crippen LogP contribution in [0.2, 0.25) is 5.02 Å². The van der Waals surface area contributed by atoms with Gasteiger partial charge in [-0.2, -0.15) is 5.10 Å². The minimum absolute atomic E-state index is 0.264. The third-order valence-corrected chi connectivity index (χ3v) is 7.78. The van der Waals surface area contributed by atoms with Gasteiger partial charge in [0.05, 0.1) is 5.69 Å². The molecule has 0 bridgehead atoms. The normalized spacial score (nSPS) is 16.7. The molecule has 2 aliphatic heterocycles. The molecule has 41 heavy (non-hydrogen) atoms. The summed E-state index contributed by atoms with van der Waals surface area (Å²) in [6.45, 7) is 7.40. The number of hydrogen-bond acceptors (Lipinski definition) is 6. The van der Waals surface area contributed by atoms with E-state index in [4.69, 9.17) is 16.3 Å². The molecular weight excluding hydrogens is 544 g/mol. The number of rotatable bonds is 5. The molecule has 0 saturated heterocycles. The number of fused-ring (bicyclic) bond motifs is 2. The molecule has 1 fully saturated rings. The van der Waals surface area contributed by atoms with Gasteiger partial charge < -0.3 is 15.0 Å². The summed E-state index contributed by atoms with van der Waals surface area (Å²) in [4.78, 5) is 47.9. The van der Waals surface area contributed by atoms with Gasteiger partial charge in [-0.05, 0) is 87.8 Å². The molecule has 3 amide bonds. The Kier molecular flexibility index (Phi) is 6.97. The van der Waals surface area contributed by atoms with Gasteiger partial charge in [0, 0.05) is 43.0 Å². The summed E-state index contributed by atoms with van der Waals surface area (Å²) in [6.07, 6.45) is 4.75. The van der Waals surface area contributed by atoms with Gasteiger partial charge in [-0.1, -0.05) is 17.7 Å². The van der Waals surface area contributed by atoms with Crippen molar-refractivity contribution in [3.05, 3.63) is 69.6 Å². The molecule has 1 aliphatic carbocycles. The first kappa shape index (κ1) is 27.3. The van der Waals surface area contributed by atoms with E-state index in [1.54, 1.807) is 40.3 Å². The first-order chi connectivity index (χ1) is 19.6. The number of carbonyl (C=O) groups is 3. The number of carbonyl (C=O) groups excluding carboxylic acids is 3. The van der Waals surface area contributed by atoms with Crippen LogP contribution < -0.4 is 10.2 Å². The van der Waals surface area contributed by atoms with Crippen LogP contribution in [0.15, 0.2) is 36.5 Å². The van der Waals surface area contributed by atoms with E-state index >= 15 is 0 Å². The number of aromatic nitrogens is 3. The van der Waals surface area contributed by atoms with E-state index in [2.05, 4.69) is 15.4 Å². The lowest BCUT2D eigenvalue weighted by atomic mass is 10.0. The van der Waals surface area contributed by atoms with E-state index < -0.39 is 5.60 Å². The Balaban J connectivity index is 1.31. The van der Waals surface area contributed by atoms with Crippen molar-refractivity contribution in [3.8, 4) is 5.69 Å². The van der Waals surface area contributed by atoms with Crippen molar-refractivity contribution < 1.29 is 19.1 Å². The fourth-order valence-electron chi connectivity index (χ4n) is 5.25. The van der Waals surface area contributed by atoms with Crippen LogP contribution in [-0.2, 0) is 24.1 Å². The molecule has 3 aromatic rings. The van der Waals surface area contributed by atoms with Gasteiger partial charge in [0.1, 0.15) is 17.1 Å². The summed E-state index contributed by atoms with van der Waals surface area (Å²) < 4.78 is 7.09. The van der Waals surface area contributed by atoms with Crippen LogP contribution in [0.1, 0.15) is 71.3 Å². The quantitative estimate of drug-likeness (QED) is 0.477. The van der Waals surface area contributed by atoms with E-state index in [9.17, 15) is 14.4 Å². The Morgan fingerprint density at radius 1 is 1.12 bits per heavy atom. The highest BCUT2D eigenvalue weighted by molar-refractivity contribution is 6.30. The fourth-order valence-corrected chi connectivity index (χ4v) is 5.44. The van der Waals surface area contributed by atoms with Gasteiger partial charge in [-0.3, -0.25) is 14.5 Å². The van der Waals surface area contributed by atoms with Crippen LogP contribution in [0.4, 0.5) is 10.6 Å². The summed E-state index contributed by atoms with van der Waals surface area (Å²) in [6, 6.07) is 8.92. The number of pyridine rings is 1. The molecule has 1 aromatic carbocycles. The molecule has 0 spiro atoms. The van der Waals surface area contributed by atoms with Crippen LogP contribution in [0.3, 0.4) is 0 Å². The van der Waals surface area contributed by atoms with E-state index in [1.165, 1.54) is 4.68 Å². The van der Waals surface area contributed by atoms with Gasteiger partial charge in [0.2, 0.25) is 0 Å². The van der Waals surface area contributed by atoms with E-state index in [0.29, 0.717) is 72.7 Å². The highest BCUT2D eigenvalue weighted by Crippen LogP contribution is 2.31. The van der Waals surface area contributed by atoms with Crippen molar-refractivity contribution in [1.29, 1.82) is 0 Å². The topological polar surface area (TPSA) is 110 Å². The lowest BCUT2D eigenvalue weighted by Crippen LogP contribution is -2.41. The zero-order chi connectivity index (χ0) is 28.9. The molecule has 214 valence electrons. The van der Waals surface area contributed by atoms with Crippen LogP contribution in [0, 0.1) is 5.92 Å². The minimum Gasteiger partial charge on any atom is -0.444 e. The number of anilines is 1. The second kappa shape index (κ2) is 10.5. The molecule has 10 nitrogen and oxygen atoms in total. The number of hydrogen-bond donors (Lipinski definition) is 1. The number of amides is 3. The SMILES string of the molecule is CC(C)(C)OC(=O)N1CCc2cnc(N3CCc4c(C(=O)NCC5CC5)nn(-c5cccc(Cl)c5)c4C3=O)cc2C1. The molecule has 1 saturated carbocycles. The summed E-state index contributed by atoms with van der Waals surface area (Å²) in [5.41, 5.74) is 3.18.